The van der Waals surface area contributed by atoms with E-state index in [4.69, 9.17) is 0 Å². The summed E-state index contributed by atoms with van der Waals surface area (Å²) >= 11 is 0. The lowest BCUT2D eigenvalue weighted by Gasteiger charge is -2.22. The summed E-state index contributed by atoms with van der Waals surface area (Å²) in [6.45, 7) is 11.5. The smallest absolute Gasteiger partial charge is 0.267 e. The number of hydrogen-bond donors (Lipinski definition) is 1. The number of nitrogens with zero attached hydrogens (tertiary/aromatic N) is 1. The maximum atomic E-state index is 11.7. The van der Waals surface area contributed by atoms with Crippen LogP contribution in [0, 0.1) is 0 Å². The highest BCUT2D eigenvalue weighted by Crippen LogP contribution is 2.24. The summed E-state index contributed by atoms with van der Waals surface area (Å²) in [5.41, 5.74) is 2.21. The van der Waals surface area contributed by atoms with Crippen LogP contribution in [0.3, 0.4) is 0 Å². The first-order valence-electron chi connectivity index (χ1n) is 5.74. The molecule has 0 saturated heterocycles. The van der Waals surface area contributed by atoms with Crippen molar-refractivity contribution in [3.63, 3.8) is 0 Å². The zero-order valence-electron chi connectivity index (χ0n) is 10.5. The Morgan fingerprint density at radius 2 is 1.87 bits per heavy atom. The van der Waals surface area contributed by atoms with Crippen molar-refractivity contribution in [2.24, 2.45) is 0 Å². The number of hydrogen-bond acceptors (Lipinski definition) is 1. The molecule has 3 heteroatoms. The maximum absolute atomic E-state index is 11.7. The van der Waals surface area contributed by atoms with Crippen molar-refractivity contribution in [2.75, 3.05) is 0 Å². The van der Waals surface area contributed by atoms with E-state index in [9.17, 15) is 4.79 Å². The molecular formula is C12H22N2O. The fraction of sp³-hybridized carbons (Fsp3) is 0.750. The quantitative estimate of drug-likeness (QED) is 0.817. The monoisotopic (exact) mass is 210 g/mol. The molecule has 3 nitrogen and oxygen atoms in total. The predicted octanol–water partition coefficient (Wildman–Crippen LogP) is 2.45. The molecule has 1 N–H and O–H groups in total. The Labute approximate surface area is 91.5 Å². The lowest BCUT2D eigenvalue weighted by molar-refractivity contribution is 0.477. The van der Waals surface area contributed by atoms with Crippen molar-refractivity contribution in [3.8, 4) is 0 Å². The molecule has 1 aromatic rings. The van der Waals surface area contributed by atoms with E-state index in [2.05, 4.69) is 32.8 Å². The first-order chi connectivity index (χ1) is 6.91. The molecule has 15 heavy (non-hydrogen) atoms. The molecule has 0 unspecified atom stereocenters. The second kappa shape index (κ2) is 4.25. The van der Waals surface area contributed by atoms with Crippen molar-refractivity contribution in [2.45, 2.75) is 59.4 Å². The first kappa shape index (κ1) is 12.1. The molecule has 0 fully saturated rings. The molecule has 0 aliphatic rings. The third-order valence-corrected chi connectivity index (χ3v) is 2.58. The van der Waals surface area contributed by atoms with E-state index in [1.807, 2.05) is 11.6 Å². The van der Waals surface area contributed by atoms with Crippen LogP contribution < -0.4 is 5.56 Å². The molecule has 0 atom stereocenters. The predicted molar refractivity (Wildman–Crippen MR) is 63.4 cm³/mol. The van der Waals surface area contributed by atoms with Crippen molar-refractivity contribution in [1.82, 2.24) is 9.78 Å². The van der Waals surface area contributed by atoms with Gasteiger partial charge in [-0.2, -0.15) is 0 Å². The van der Waals surface area contributed by atoms with Gasteiger partial charge in [0.2, 0.25) is 0 Å². The molecule has 0 spiro atoms. The average Bonchev–Trinajstić information content (AvgIpc) is 2.41. The summed E-state index contributed by atoms with van der Waals surface area (Å²) in [7, 11) is 0. The van der Waals surface area contributed by atoms with Crippen LogP contribution in [-0.4, -0.2) is 9.78 Å². The van der Waals surface area contributed by atoms with Crippen molar-refractivity contribution >= 4 is 0 Å². The van der Waals surface area contributed by atoms with E-state index >= 15 is 0 Å². The summed E-state index contributed by atoms with van der Waals surface area (Å²) < 4.78 is 2.02. The molecule has 86 valence electrons. The molecule has 0 aliphatic carbocycles. The Balaban J connectivity index is 3.35. The minimum absolute atomic E-state index is 0.0275. The minimum Gasteiger partial charge on any atom is -0.288 e. The van der Waals surface area contributed by atoms with E-state index in [1.54, 1.807) is 0 Å². The highest BCUT2D eigenvalue weighted by Gasteiger charge is 2.24. The van der Waals surface area contributed by atoms with Crippen LogP contribution in [0.15, 0.2) is 4.79 Å². The lowest BCUT2D eigenvalue weighted by atomic mass is 9.88. The molecule has 0 aromatic carbocycles. The zero-order valence-corrected chi connectivity index (χ0v) is 10.5. The number of nitrogens with one attached hydrogen (secondary N) is 1. The topological polar surface area (TPSA) is 37.8 Å². The standard InChI is InChI=1S/C12H22N2O/c1-6-8-14-10(12(3,4)5)9(7-2)11(15)13-14/h6-8H2,1-5H3,(H,13,15). The van der Waals surface area contributed by atoms with Crippen LogP contribution in [0.1, 0.15) is 52.3 Å². The molecule has 0 saturated carbocycles. The van der Waals surface area contributed by atoms with Gasteiger partial charge in [-0.15, -0.1) is 0 Å². The maximum Gasteiger partial charge on any atom is 0.267 e. The second-order valence-corrected chi connectivity index (χ2v) is 5.02. The largest absolute Gasteiger partial charge is 0.288 e. The van der Waals surface area contributed by atoms with E-state index in [-0.39, 0.29) is 11.0 Å². The number of rotatable bonds is 3. The van der Waals surface area contributed by atoms with Gasteiger partial charge < -0.3 is 0 Å². The van der Waals surface area contributed by atoms with Crippen LogP contribution >= 0.6 is 0 Å². The van der Waals surface area contributed by atoms with E-state index in [0.717, 1.165) is 30.6 Å². The highest BCUT2D eigenvalue weighted by atomic mass is 16.1. The van der Waals surface area contributed by atoms with Crippen LogP contribution in [0.4, 0.5) is 0 Å². The minimum atomic E-state index is 0.0275. The normalized spacial score (nSPS) is 12.1. The van der Waals surface area contributed by atoms with Crippen LogP contribution in [-0.2, 0) is 18.4 Å². The Hall–Kier alpha value is -0.990. The van der Waals surface area contributed by atoms with E-state index in [0.29, 0.717) is 0 Å². The second-order valence-electron chi connectivity index (χ2n) is 5.02. The fourth-order valence-corrected chi connectivity index (χ4v) is 2.09. The van der Waals surface area contributed by atoms with E-state index < -0.39 is 0 Å². The molecule has 0 amide bonds. The molecule has 1 rings (SSSR count). The number of H-pyrrole nitrogens is 1. The van der Waals surface area contributed by atoms with Gasteiger partial charge in [-0.3, -0.25) is 14.6 Å². The summed E-state index contributed by atoms with van der Waals surface area (Å²) in [6, 6.07) is 0. The third kappa shape index (κ3) is 2.33. The third-order valence-electron chi connectivity index (χ3n) is 2.58. The van der Waals surface area contributed by atoms with Gasteiger partial charge in [0.05, 0.1) is 0 Å². The van der Waals surface area contributed by atoms with Crippen molar-refractivity contribution in [3.05, 3.63) is 21.6 Å². The Morgan fingerprint density at radius 1 is 1.27 bits per heavy atom. The molecule has 0 radical (unpaired) electrons. The molecule has 1 heterocycles. The summed E-state index contributed by atoms with van der Waals surface area (Å²) in [5.74, 6) is 0. The fourth-order valence-electron chi connectivity index (χ4n) is 2.09. The Bertz CT molecular complexity index is 379. The summed E-state index contributed by atoms with van der Waals surface area (Å²) in [6.07, 6.45) is 1.84. The lowest BCUT2D eigenvalue weighted by Crippen LogP contribution is -2.20. The number of aryl methyl sites for hydroxylation is 1. The molecule has 1 aromatic heterocycles. The van der Waals surface area contributed by atoms with Crippen LogP contribution in [0.5, 0.6) is 0 Å². The van der Waals surface area contributed by atoms with E-state index in [1.165, 1.54) is 0 Å². The van der Waals surface area contributed by atoms with Crippen molar-refractivity contribution < 1.29 is 0 Å². The molecule has 0 bridgehead atoms. The van der Waals surface area contributed by atoms with Gasteiger partial charge >= 0.3 is 0 Å². The zero-order chi connectivity index (χ0) is 11.6. The van der Waals surface area contributed by atoms with Crippen LogP contribution in [0.2, 0.25) is 0 Å². The Morgan fingerprint density at radius 3 is 2.27 bits per heavy atom. The van der Waals surface area contributed by atoms with Gasteiger partial charge in [0.25, 0.3) is 5.56 Å². The summed E-state index contributed by atoms with van der Waals surface area (Å²) in [4.78, 5) is 11.7. The average molecular weight is 210 g/mol. The molecule has 0 aliphatic heterocycles. The van der Waals surface area contributed by atoms with Crippen molar-refractivity contribution in [1.29, 1.82) is 0 Å². The number of aromatic amines is 1. The number of aromatic nitrogens is 2. The van der Waals surface area contributed by atoms with Crippen LogP contribution in [0.25, 0.3) is 0 Å². The first-order valence-corrected chi connectivity index (χ1v) is 5.74. The van der Waals surface area contributed by atoms with Gasteiger partial charge in [0.1, 0.15) is 0 Å². The highest BCUT2D eigenvalue weighted by molar-refractivity contribution is 5.25. The van der Waals surface area contributed by atoms with Gasteiger partial charge in [0.15, 0.2) is 0 Å². The molecular weight excluding hydrogens is 188 g/mol. The van der Waals surface area contributed by atoms with Gasteiger partial charge in [0, 0.05) is 23.2 Å². The van der Waals surface area contributed by atoms with Gasteiger partial charge in [-0.05, 0) is 12.8 Å². The van der Waals surface area contributed by atoms with Gasteiger partial charge in [-0.1, -0.05) is 34.6 Å². The summed E-state index contributed by atoms with van der Waals surface area (Å²) in [5, 5.41) is 2.93. The SMILES string of the molecule is CCCn1[nH]c(=O)c(CC)c1C(C)(C)C. The Kier molecular flexibility index (Phi) is 3.42. The van der Waals surface area contributed by atoms with Gasteiger partial charge in [-0.25, -0.2) is 0 Å².